The van der Waals surface area contributed by atoms with Crippen molar-refractivity contribution in [2.24, 2.45) is 5.73 Å². The third-order valence-corrected chi connectivity index (χ3v) is 3.83. The van der Waals surface area contributed by atoms with Gasteiger partial charge in [-0.3, -0.25) is 4.79 Å². The van der Waals surface area contributed by atoms with Crippen LogP contribution in [-0.4, -0.2) is 11.0 Å². The third-order valence-electron chi connectivity index (χ3n) is 2.88. The van der Waals surface area contributed by atoms with Gasteiger partial charge in [-0.15, -0.1) is 11.3 Å². The molecule has 0 radical (unpaired) electrons. The number of amides is 1. The Morgan fingerprint density at radius 2 is 1.80 bits per heavy atom. The molecule has 0 aliphatic heterocycles. The Morgan fingerprint density at radius 3 is 2.20 bits per heavy atom. The number of rotatable bonds is 3. The van der Waals surface area contributed by atoms with Crippen molar-refractivity contribution in [3.8, 4) is 10.4 Å². The number of halogens is 2. The molecule has 20 heavy (non-hydrogen) atoms. The van der Waals surface area contributed by atoms with E-state index >= 15 is 0 Å². The summed E-state index contributed by atoms with van der Waals surface area (Å²) < 4.78 is 28.2. The number of benzene rings is 1. The predicted molar refractivity (Wildman–Crippen MR) is 73.4 cm³/mol. The minimum atomic E-state index is -1.34. The second-order valence-corrected chi connectivity index (χ2v) is 5.85. The van der Waals surface area contributed by atoms with Gasteiger partial charge in [0.25, 0.3) is 0 Å². The highest BCUT2D eigenvalue weighted by Gasteiger charge is 2.22. The lowest BCUT2D eigenvalue weighted by molar-refractivity contribution is 0.0778. The molecule has 106 valence electrons. The summed E-state index contributed by atoms with van der Waals surface area (Å²) in [5.74, 6) is -2.23. The number of carbonyl (C=O) groups excluding carboxylic acids is 1. The highest BCUT2D eigenvalue weighted by Crippen LogP contribution is 2.34. The molecule has 2 rings (SSSR count). The van der Waals surface area contributed by atoms with Crippen molar-refractivity contribution >= 4 is 17.2 Å². The normalized spacial score (nSPS) is 11.7. The van der Waals surface area contributed by atoms with Crippen LogP contribution in [-0.2, 0) is 5.60 Å². The van der Waals surface area contributed by atoms with E-state index in [-0.39, 0.29) is 21.6 Å². The van der Waals surface area contributed by atoms with Gasteiger partial charge < -0.3 is 10.8 Å². The zero-order chi connectivity index (χ0) is 15.1. The molecule has 6 heteroatoms. The van der Waals surface area contributed by atoms with Gasteiger partial charge in [-0.2, -0.15) is 0 Å². The molecule has 0 fully saturated rings. The van der Waals surface area contributed by atoms with E-state index in [2.05, 4.69) is 0 Å². The highest BCUT2D eigenvalue weighted by molar-refractivity contribution is 7.13. The monoisotopic (exact) mass is 297 g/mol. The summed E-state index contributed by atoms with van der Waals surface area (Å²) in [4.78, 5) is 11.3. The lowest BCUT2D eigenvalue weighted by Crippen LogP contribution is -2.16. The van der Waals surface area contributed by atoms with Gasteiger partial charge in [-0.1, -0.05) is 0 Å². The first-order chi connectivity index (χ1) is 9.20. The Labute approximate surface area is 118 Å². The molecule has 2 aromatic rings. The van der Waals surface area contributed by atoms with Gasteiger partial charge in [-0.25, -0.2) is 8.78 Å². The van der Waals surface area contributed by atoms with Gasteiger partial charge in [0.1, 0.15) is 11.6 Å². The molecule has 0 unspecified atom stereocenters. The van der Waals surface area contributed by atoms with E-state index in [1.54, 1.807) is 0 Å². The van der Waals surface area contributed by atoms with Gasteiger partial charge in [0.2, 0.25) is 5.91 Å². The Balaban J connectivity index is 2.55. The largest absolute Gasteiger partial charge is 0.386 e. The fourth-order valence-electron chi connectivity index (χ4n) is 1.76. The first-order valence-corrected chi connectivity index (χ1v) is 6.68. The molecule has 0 spiro atoms. The van der Waals surface area contributed by atoms with Crippen LogP contribution < -0.4 is 5.73 Å². The fraction of sp³-hybridized carbons (Fsp3) is 0.214. The molecule has 0 bridgehead atoms. The van der Waals surface area contributed by atoms with E-state index in [4.69, 9.17) is 5.73 Å². The SMILES string of the molecule is CC(C)(O)c1cc(F)c(-c2cc(C(N)=O)cs2)c(F)c1. The Morgan fingerprint density at radius 1 is 1.25 bits per heavy atom. The fourth-order valence-corrected chi connectivity index (χ4v) is 2.70. The van der Waals surface area contributed by atoms with Gasteiger partial charge in [0.05, 0.1) is 16.7 Å². The Kier molecular flexibility index (Phi) is 3.62. The van der Waals surface area contributed by atoms with Crippen LogP contribution in [0.15, 0.2) is 23.6 Å². The van der Waals surface area contributed by atoms with Crippen LogP contribution in [0.2, 0.25) is 0 Å². The molecule has 1 amide bonds. The number of nitrogens with two attached hydrogens (primary N) is 1. The van der Waals surface area contributed by atoms with Crippen molar-refractivity contribution < 1.29 is 18.7 Å². The summed E-state index contributed by atoms with van der Waals surface area (Å²) in [5, 5.41) is 11.2. The number of aliphatic hydroxyl groups is 1. The lowest BCUT2D eigenvalue weighted by Gasteiger charge is -2.18. The van der Waals surface area contributed by atoms with E-state index in [1.165, 1.54) is 25.3 Å². The van der Waals surface area contributed by atoms with Crippen LogP contribution in [0.4, 0.5) is 8.78 Å². The van der Waals surface area contributed by atoms with Crippen molar-refractivity contribution in [3.63, 3.8) is 0 Å². The molecular formula is C14H13F2NO2S. The third kappa shape index (κ3) is 2.71. The number of primary amides is 1. The van der Waals surface area contributed by atoms with Gasteiger partial charge in [0.15, 0.2) is 0 Å². The van der Waals surface area contributed by atoms with Crippen molar-refractivity contribution in [1.82, 2.24) is 0 Å². The van der Waals surface area contributed by atoms with Crippen LogP contribution in [0, 0.1) is 11.6 Å². The average Bonchev–Trinajstić information content (AvgIpc) is 2.76. The maximum atomic E-state index is 14.1. The van der Waals surface area contributed by atoms with Crippen LogP contribution in [0.3, 0.4) is 0 Å². The Bertz CT molecular complexity index is 651. The smallest absolute Gasteiger partial charge is 0.249 e. The minimum Gasteiger partial charge on any atom is -0.386 e. The van der Waals surface area contributed by atoms with Crippen LogP contribution in [0.5, 0.6) is 0 Å². The summed E-state index contributed by atoms with van der Waals surface area (Å²) in [6.45, 7) is 2.88. The van der Waals surface area contributed by atoms with Crippen molar-refractivity contribution in [2.75, 3.05) is 0 Å². The standard InChI is InChI=1S/C14H13F2NO2S/c1-14(2,19)8-4-9(15)12(10(16)5-8)11-3-7(6-20-11)13(17)18/h3-6,19H,1-2H3,(H2,17,18). The second-order valence-electron chi connectivity index (χ2n) is 4.94. The van der Waals surface area contributed by atoms with Crippen LogP contribution in [0.1, 0.15) is 29.8 Å². The van der Waals surface area contributed by atoms with Crippen molar-refractivity contribution in [1.29, 1.82) is 0 Å². The van der Waals surface area contributed by atoms with Crippen molar-refractivity contribution in [2.45, 2.75) is 19.4 Å². The lowest BCUT2D eigenvalue weighted by atomic mass is 9.96. The maximum Gasteiger partial charge on any atom is 0.249 e. The Hall–Kier alpha value is -1.79. The first kappa shape index (κ1) is 14.6. The van der Waals surface area contributed by atoms with E-state index in [0.717, 1.165) is 23.5 Å². The topological polar surface area (TPSA) is 63.3 Å². The summed E-state index contributed by atoms with van der Waals surface area (Å²) in [6, 6.07) is 3.52. The van der Waals surface area contributed by atoms with E-state index < -0.39 is 23.1 Å². The number of hydrogen-bond donors (Lipinski definition) is 2. The number of carbonyl (C=O) groups is 1. The van der Waals surface area contributed by atoms with Crippen LogP contribution in [0.25, 0.3) is 10.4 Å². The van der Waals surface area contributed by atoms with E-state index in [9.17, 15) is 18.7 Å². The summed E-state index contributed by atoms with van der Waals surface area (Å²) in [7, 11) is 0. The molecule has 1 aromatic heterocycles. The van der Waals surface area contributed by atoms with E-state index in [0.29, 0.717) is 0 Å². The molecule has 1 heterocycles. The second kappa shape index (κ2) is 4.96. The molecule has 3 N–H and O–H groups in total. The number of hydrogen-bond acceptors (Lipinski definition) is 3. The van der Waals surface area contributed by atoms with E-state index in [1.807, 2.05) is 0 Å². The molecule has 3 nitrogen and oxygen atoms in total. The first-order valence-electron chi connectivity index (χ1n) is 5.80. The molecule has 0 saturated carbocycles. The molecular weight excluding hydrogens is 284 g/mol. The highest BCUT2D eigenvalue weighted by atomic mass is 32.1. The molecule has 0 aliphatic carbocycles. The molecule has 0 atom stereocenters. The summed E-state index contributed by atoms with van der Waals surface area (Å²) in [5.41, 5.74) is 3.89. The summed E-state index contributed by atoms with van der Waals surface area (Å²) in [6.07, 6.45) is 0. The molecule has 0 saturated heterocycles. The van der Waals surface area contributed by atoms with Gasteiger partial charge in [0, 0.05) is 10.3 Å². The van der Waals surface area contributed by atoms with Gasteiger partial charge in [-0.05, 0) is 37.6 Å². The molecule has 0 aliphatic rings. The summed E-state index contributed by atoms with van der Waals surface area (Å²) >= 11 is 1.03. The van der Waals surface area contributed by atoms with Crippen molar-refractivity contribution in [3.05, 3.63) is 46.3 Å². The van der Waals surface area contributed by atoms with Gasteiger partial charge >= 0.3 is 0 Å². The average molecular weight is 297 g/mol. The number of thiophene rings is 1. The van der Waals surface area contributed by atoms with Crippen LogP contribution >= 0.6 is 11.3 Å². The maximum absolute atomic E-state index is 14.1. The quantitative estimate of drug-likeness (QED) is 0.914. The minimum absolute atomic E-state index is 0.142. The zero-order valence-corrected chi connectivity index (χ0v) is 11.7. The zero-order valence-electron chi connectivity index (χ0n) is 10.9. The predicted octanol–water partition coefficient (Wildman–Crippen LogP) is 3.02. The molecule has 1 aromatic carbocycles.